The van der Waals surface area contributed by atoms with Crippen LogP contribution in [-0.4, -0.2) is 37.9 Å². The average molecular weight is 487 g/mol. The monoisotopic (exact) mass is 486 g/mol. The molecule has 0 aliphatic rings. The van der Waals surface area contributed by atoms with Gasteiger partial charge < -0.3 is 15.5 Å². The Hall–Kier alpha value is -1.80. The molecule has 0 bridgehead atoms. The van der Waals surface area contributed by atoms with Gasteiger partial charge in [0, 0.05) is 44.8 Å². The highest BCUT2D eigenvalue weighted by molar-refractivity contribution is 14.0. The number of nitrogens with zero attached hydrogens (tertiary/aromatic N) is 2. The van der Waals surface area contributed by atoms with Crippen molar-refractivity contribution in [3.05, 3.63) is 70.2 Å². The predicted molar refractivity (Wildman–Crippen MR) is 118 cm³/mol. The highest BCUT2D eigenvalue weighted by Crippen LogP contribution is 2.10. The van der Waals surface area contributed by atoms with Crippen LogP contribution >= 0.6 is 35.6 Å². The number of nitrogens with one attached hydrogen (secondary N) is 2. The van der Waals surface area contributed by atoms with Crippen molar-refractivity contribution in [2.75, 3.05) is 21.1 Å². The quantitative estimate of drug-likeness (QED) is 0.386. The Morgan fingerprint density at radius 1 is 1.04 bits per heavy atom. The summed E-state index contributed by atoms with van der Waals surface area (Å²) in [6, 6.07) is 15.2. The molecular formula is C19H24ClIN4O. The van der Waals surface area contributed by atoms with Gasteiger partial charge >= 0.3 is 0 Å². The van der Waals surface area contributed by atoms with Crippen LogP contribution in [0.25, 0.3) is 0 Å². The first-order valence-electron chi connectivity index (χ1n) is 7.99. The molecule has 26 heavy (non-hydrogen) atoms. The van der Waals surface area contributed by atoms with Gasteiger partial charge in [0.25, 0.3) is 5.91 Å². The largest absolute Gasteiger partial charge is 0.352 e. The molecule has 0 aliphatic heterocycles. The first-order chi connectivity index (χ1) is 12.0. The smallest absolute Gasteiger partial charge is 0.253 e. The number of amides is 1. The van der Waals surface area contributed by atoms with Crippen LogP contribution in [0.3, 0.4) is 0 Å². The highest BCUT2D eigenvalue weighted by Gasteiger charge is 2.07. The van der Waals surface area contributed by atoms with Crippen LogP contribution in [0.15, 0.2) is 53.5 Å². The number of aliphatic imine (C=N–C) groups is 1. The summed E-state index contributed by atoms with van der Waals surface area (Å²) in [5, 5.41) is 7.22. The van der Waals surface area contributed by atoms with Gasteiger partial charge in [-0.15, -0.1) is 24.0 Å². The minimum absolute atomic E-state index is 0. The van der Waals surface area contributed by atoms with Crippen molar-refractivity contribution >= 4 is 47.4 Å². The summed E-state index contributed by atoms with van der Waals surface area (Å²) in [5.74, 6) is 0.701. The second-order valence-electron chi connectivity index (χ2n) is 5.81. The third-order valence-corrected chi connectivity index (χ3v) is 3.87. The van der Waals surface area contributed by atoms with Crippen LogP contribution in [-0.2, 0) is 13.1 Å². The van der Waals surface area contributed by atoms with E-state index in [1.165, 1.54) is 0 Å². The van der Waals surface area contributed by atoms with E-state index < -0.39 is 0 Å². The molecule has 0 unspecified atom stereocenters. The standard InChI is InChI=1S/C19H23ClN4O.HI/c1-21-19(23-13-15-5-4-6-17(20)11-15)22-12-14-7-9-16(10-8-14)18(25)24(2)3;/h4-11H,12-13H2,1-3H3,(H2,21,22,23);1H. The van der Waals surface area contributed by atoms with Gasteiger partial charge in [-0.1, -0.05) is 35.9 Å². The van der Waals surface area contributed by atoms with Crippen LogP contribution in [0.4, 0.5) is 0 Å². The Bertz CT molecular complexity index is 747. The van der Waals surface area contributed by atoms with E-state index in [4.69, 9.17) is 11.6 Å². The van der Waals surface area contributed by atoms with Gasteiger partial charge in [-0.3, -0.25) is 9.79 Å². The fourth-order valence-electron chi connectivity index (χ4n) is 2.26. The molecule has 1 amide bonds. The number of carbonyl (C=O) groups excluding carboxylic acids is 1. The van der Waals surface area contributed by atoms with Gasteiger partial charge in [0.2, 0.25) is 0 Å². The maximum Gasteiger partial charge on any atom is 0.253 e. The minimum atomic E-state index is -0.00138. The summed E-state index contributed by atoms with van der Waals surface area (Å²) in [6.45, 7) is 1.25. The summed E-state index contributed by atoms with van der Waals surface area (Å²) >= 11 is 5.99. The van der Waals surface area contributed by atoms with Crippen LogP contribution in [0.2, 0.25) is 5.02 Å². The van der Waals surface area contributed by atoms with E-state index in [9.17, 15) is 4.79 Å². The normalized spacial score (nSPS) is 10.7. The van der Waals surface area contributed by atoms with Crippen molar-refractivity contribution in [1.82, 2.24) is 15.5 Å². The molecule has 0 aliphatic carbocycles. The summed E-state index contributed by atoms with van der Waals surface area (Å²) in [6.07, 6.45) is 0. The number of guanidine groups is 1. The molecular weight excluding hydrogens is 463 g/mol. The predicted octanol–water partition coefficient (Wildman–Crippen LogP) is 3.53. The van der Waals surface area contributed by atoms with Gasteiger partial charge in [0.1, 0.15) is 0 Å². The lowest BCUT2D eigenvalue weighted by Gasteiger charge is -2.13. The summed E-state index contributed by atoms with van der Waals surface area (Å²) < 4.78 is 0. The summed E-state index contributed by atoms with van der Waals surface area (Å²) in [5.41, 5.74) is 2.83. The van der Waals surface area contributed by atoms with E-state index in [0.29, 0.717) is 24.6 Å². The molecule has 140 valence electrons. The Morgan fingerprint density at radius 3 is 2.19 bits per heavy atom. The topological polar surface area (TPSA) is 56.7 Å². The van der Waals surface area contributed by atoms with Crippen molar-refractivity contribution in [3.63, 3.8) is 0 Å². The van der Waals surface area contributed by atoms with Crippen LogP contribution < -0.4 is 10.6 Å². The first kappa shape index (κ1) is 22.2. The molecule has 0 heterocycles. The lowest BCUT2D eigenvalue weighted by atomic mass is 10.1. The number of hydrogen-bond donors (Lipinski definition) is 2. The summed E-state index contributed by atoms with van der Waals surface area (Å²) in [7, 11) is 5.22. The zero-order chi connectivity index (χ0) is 18.2. The van der Waals surface area contributed by atoms with Crippen LogP contribution in [0.1, 0.15) is 21.5 Å². The van der Waals surface area contributed by atoms with Gasteiger partial charge in [-0.05, 0) is 35.4 Å². The van der Waals surface area contributed by atoms with Gasteiger partial charge in [0.05, 0.1) is 0 Å². The Morgan fingerprint density at radius 2 is 1.65 bits per heavy atom. The van der Waals surface area contributed by atoms with E-state index >= 15 is 0 Å². The molecule has 0 spiro atoms. The Labute approximate surface area is 176 Å². The fourth-order valence-corrected chi connectivity index (χ4v) is 2.48. The van der Waals surface area contributed by atoms with Crippen molar-refractivity contribution in [1.29, 1.82) is 0 Å². The molecule has 7 heteroatoms. The number of hydrogen-bond acceptors (Lipinski definition) is 2. The number of halogens is 2. The zero-order valence-corrected chi connectivity index (χ0v) is 18.2. The molecule has 0 fully saturated rings. The van der Waals surface area contributed by atoms with Gasteiger partial charge in [-0.25, -0.2) is 0 Å². The summed E-state index contributed by atoms with van der Waals surface area (Å²) in [4.78, 5) is 17.7. The average Bonchev–Trinajstić information content (AvgIpc) is 2.61. The molecule has 2 N–H and O–H groups in total. The highest BCUT2D eigenvalue weighted by atomic mass is 127. The van der Waals surface area contributed by atoms with Gasteiger partial charge in [-0.2, -0.15) is 0 Å². The minimum Gasteiger partial charge on any atom is -0.352 e. The van der Waals surface area contributed by atoms with Crippen molar-refractivity contribution in [2.45, 2.75) is 13.1 Å². The molecule has 2 aromatic rings. The van der Waals surface area contributed by atoms with E-state index in [1.807, 2.05) is 48.5 Å². The van der Waals surface area contributed by atoms with Crippen molar-refractivity contribution < 1.29 is 4.79 Å². The van der Waals surface area contributed by atoms with E-state index in [1.54, 1.807) is 26.0 Å². The van der Waals surface area contributed by atoms with E-state index in [0.717, 1.165) is 16.1 Å². The SMILES string of the molecule is CN=C(NCc1ccc(C(=O)N(C)C)cc1)NCc1cccc(Cl)c1.I. The molecule has 0 aromatic heterocycles. The Kier molecular flexibility index (Phi) is 9.43. The van der Waals surface area contributed by atoms with Gasteiger partial charge in [0.15, 0.2) is 5.96 Å². The molecule has 0 atom stereocenters. The maximum atomic E-state index is 11.9. The first-order valence-corrected chi connectivity index (χ1v) is 8.37. The molecule has 0 saturated heterocycles. The molecule has 0 saturated carbocycles. The van der Waals surface area contributed by atoms with Crippen molar-refractivity contribution in [3.8, 4) is 0 Å². The third-order valence-electron chi connectivity index (χ3n) is 3.64. The van der Waals surface area contributed by atoms with Crippen molar-refractivity contribution in [2.24, 2.45) is 4.99 Å². The lowest BCUT2D eigenvalue weighted by Crippen LogP contribution is -2.36. The van der Waals surface area contributed by atoms with Crippen LogP contribution in [0.5, 0.6) is 0 Å². The zero-order valence-electron chi connectivity index (χ0n) is 15.1. The maximum absolute atomic E-state index is 11.9. The number of benzene rings is 2. The molecule has 2 rings (SSSR count). The molecule has 5 nitrogen and oxygen atoms in total. The van der Waals surface area contributed by atoms with E-state index in [-0.39, 0.29) is 29.9 Å². The van der Waals surface area contributed by atoms with Crippen LogP contribution in [0, 0.1) is 0 Å². The second-order valence-corrected chi connectivity index (χ2v) is 6.24. The second kappa shape index (κ2) is 11.0. The third kappa shape index (κ3) is 6.84. The number of rotatable bonds is 5. The fraction of sp³-hybridized carbons (Fsp3) is 0.263. The molecule has 0 radical (unpaired) electrons. The number of carbonyl (C=O) groups is 1. The lowest BCUT2D eigenvalue weighted by molar-refractivity contribution is 0.0827. The Balaban J connectivity index is 0.00000338. The molecule has 2 aromatic carbocycles. The van der Waals surface area contributed by atoms with E-state index in [2.05, 4.69) is 15.6 Å².